The second-order valence-electron chi connectivity index (χ2n) is 6.61. The molecule has 0 saturated heterocycles. The lowest BCUT2D eigenvalue weighted by Gasteiger charge is -2.20. The summed E-state index contributed by atoms with van der Waals surface area (Å²) in [7, 11) is 1.49. The summed E-state index contributed by atoms with van der Waals surface area (Å²) in [4.78, 5) is 15.4. The number of ether oxygens (including phenoxy) is 3. The minimum Gasteiger partial charge on any atom is -0.493 e. The quantitative estimate of drug-likeness (QED) is 0.436. The fraction of sp³-hybridized carbons (Fsp3) is 0.238. The number of hydrogen-bond acceptors (Lipinski definition) is 9. The summed E-state index contributed by atoms with van der Waals surface area (Å²) in [5.74, 6) is 0.798. The predicted octanol–water partition coefficient (Wildman–Crippen LogP) is 4.39. The van der Waals surface area contributed by atoms with E-state index in [1.807, 2.05) is 25.1 Å². The van der Waals surface area contributed by atoms with Crippen molar-refractivity contribution in [2.45, 2.75) is 18.3 Å². The van der Waals surface area contributed by atoms with Gasteiger partial charge in [0, 0.05) is 21.3 Å². The van der Waals surface area contributed by atoms with Crippen LogP contribution in [0.25, 0.3) is 11.3 Å². The van der Waals surface area contributed by atoms with Crippen LogP contribution in [0.5, 0.6) is 17.4 Å². The zero-order valence-corrected chi connectivity index (χ0v) is 19.6. The molecule has 0 fully saturated rings. The molecular formula is C21H19BrN4O5S. The van der Waals surface area contributed by atoms with Crippen LogP contribution in [0.2, 0.25) is 0 Å². The molecule has 2 N–H and O–H groups in total. The number of halogens is 1. The number of methoxy groups -OCH3 is 1. The number of aromatic nitrogens is 3. The zero-order chi connectivity index (χ0) is 22.7. The van der Waals surface area contributed by atoms with Crippen LogP contribution in [0, 0.1) is 0 Å². The van der Waals surface area contributed by atoms with Crippen molar-refractivity contribution in [3.05, 3.63) is 46.4 Å². The second-order valence-corrected chi connectivity index (χ2v) is 8.75. The lowest BCUT2D eigenvalue weighted by molar-refractivity contribution is -0.139. The van der Waals surface area contributed by atoms with Crippen molar-refractivity contribution in [2.24, 2.45) is 0 Å². The molecule has 32 heavy (non-hydrogen) atoms. The number of thioether (sulfide) groups is 1. The van der Waals surface area contributed by atoms with Crippen molar-refractivity contribution in [1.82, 2.24) is 15.2 Å². The molecule has 4 rings (SSSR count). The van der Waals surface area contributed by atoms with E-state index in [1.54, 1.807) is 18.2 Å². The fourth-order valence-electron chi connectivity index (χ4n) is 3.12. The van der Waals surface area contributed by atoms with Crippen molar-refractivity contribution < 1.29 is 24.1 Å². The molecule has 166 valence electrons. The maximum absolute atomic E-state index is 10.8. The Morgan fingerprint density at radius 1 is 1.25 bits per heavy atom. The smallest absolute Gasteiger partial charge is 0.341 e. The second kappa shape index (κ2) is 9.61. The molecule has 0 unspecified atom stereocenters. The van der Waals surface area contributed by atoms with Crippen LogP contribution in [0.1, 0.15) is 18.7 Å². The number of benzene rings is 2. The number of aliphatic carboxylic acids is 1. The zero-order valence-electron chi connectivity index (χ0n) is 17.2. The molecule has 11 heteroatoms. The molecule has 0 bridgehead atoms. The highest BCUT2D eigenvalue weighted by Crippen LogP contribution is 2.41. The Balaban J connectivity index is 1.75. The van der Waals surface area contributed by atoms with Gasteiger partial charge in [0.25, 0.3) is 0 Å². The van der Waals surface area contributed by atoms with Crippen LogP contribution in [0.15, 0.2) is 46.0 Å². The van der Waals surface area contributed by atoms with Gasteiger partial charge < -0.3 is 24.6 Å². The summed E-state index contributed by atoms with van der Waals surface area (Å²) >= 11 is 4.98. The maximum Gasteiger partial charge on any atom is 0.341 e. The van der Waals surface area contributed by atoms with E-state index >= 15 is 0 Å². The Morgan fingerprint density at radius 3 is 2.84 bits per heavy atom. The molecule has 3 aromatic rings. The minimum atomic E-state index is -1.07. The highest BCUT2D eigenvalue weighted by molar-refractivity contribution is 9.10. The van der Waals surface area contributed by atoms with Gasteiger partial charge in [0.05, 0.1) is 7.11 Å². The number of fused-ring (bicyclic) bond motifs is 3. The molecule has 1 aliphatic rings. The Kier molecular flexibility index (Phi) is 6.66. The number of nitrogens with one attached hydrogen (secondary N) is 1. The van der Waals surface area contributed by atoms with Gasteiger partial charge in [-0.05, 0) is 42.2 Å². The highest BCUT2D eigenvalue weighted by Gasteiger charge is 2.27. The first-order valence-electron chi connectivity index (χ1n) is 9.61. The third-order valence-corrected chi connectivity index (χ3v) is 5.72. The summed E-state index contributed by atoms with van der Waals surface area (Å²) in [6, 6.07) is 10.9. The third kappa shape index (κ3) is 4.73. The molecule has 9 nitrogen and oxygen atoms in total. The molecule has 2 heterocycles. The topological polar surface area (TPSA) is 116 Å². The van der Waals surface area contributed by atoms with E-state index in [1.165, 1.54) is 18.9 Å². The van der Waals surface area contributed by atoms with E-state index in [4.69, 9.17) is 19.3 Å². The van der Waals surface area contributed by atoms with Gasteiger partial charge in [-0.15, -0.1) is 10.2 Å². The van der Waals surface area contributed by atoms with E-state index < -0.39 is 18.8 Å². The van der Waals surface area contributed by atoms with Gasteiger partial charge in [-0.2, -0.15) is 4.98 Å². The van der Waals surface area contributed by atoms with Crippen LogP contribution in [-0.4, -0.2) is 45.7 Å². The normalized spacial score (nSPS) is 14.3. The van der Waals surface area contributed by atoms with Gasteiger partial charge in [-0.1, -0.05) is 34.6 Å². The van der Waals surface area contributed by atoms with E-state index in [2.05, 4.69) is 36.4 Å². The number of anilines is 1. The molecule has 0 spiro atoms. The van der Waals surface area contributed by atoms with Crippen LogP contribution < -0.4 is 19.5 Å². The van der Waals surface area contributed by atoms with Crippen molar-refractivity contribution in [3.63, 3.8) is 0 Å². The Morgan fingerprint density at radius 2 is 2.09 bits per heavy atom. The van der Waals surface area contributed by atoms with Gasteiger partial charge in [-0.3, -0.25) is 0 Å². The number of carbonyl (C=O) groups is 1. The van der Waals surface area contributed by atoms with Crippen molar-refractivity contribution >= 4 is 39.3 Å². The van der Waals surface area contributed by atoms with Crippen LogP contribution >= 0.6 is 27.7 Å². The van der Waals surface area contributed by atoms with Gasteiger partial charge >= 0.3 is 5.97 Å². The molecule has 1 aromatic heterocycles. The van der Waals surface area contributed by atoms with E-state index in [-0.39, 0.29) is 0 Å². The summed E-state index contributed by atoms with van der Waals surface area (Å²) in [5, 5.41) is 21.4. The monoisotopic (exact) mass is 518 g/mol. The molecule has 0 aliphatic carbocycles. The number of carboxylic acids is 1. The third-order valence-electron chi connectivity index (χ3n) is 4.50. The highest BCUT2D eigenvalue weighted by atomic mass is 79.9. The molecule has 1 aliphatic heterocycles. The van der Waals surface area contributed by atoms with Crippen LogP contribution in [0.3, 0.4) is 0 Å². The minimum absolute atomic E-state index is 0.322. The standard InChI is InChI=1S/C21H19BrN4O5S/c1-3-32-21-24-20-18(25-26-21)13-9-12(22)5-6-14(13)23-19(31-20)11-4-7-15(16(8-11)29-2)30-10-17(27)28/h4-9,19,23H,3,10H2,1-2H3,(H,27,28)/t19-/m0/s1. The molecule has 2 aromatic carbocycles. The predicted molar refractivity (Wildman–Crippen MR) is 122 cm³/mol. The maximum atomic E-state index is 10.8. The lowest BCUT2D eigenvalue weighted by Crippen LogP contribution is -2.17. The molecule has 0 radical (unpaired) electrons. The first-order valence-corrected chi connectivity index (χ1v) is 11.4. The lowest BCUT2D eigenvalue weighted by atomic mass is 10.1. The average Bonchev–Trinajstić information content (AvgIpc) is 2.94. The molecular weight excluding hydrogens is 500 g/mol. The number of rotatable bonds is 7. The average molecular weight is 519 g/mol. The SMILES string of the molecule is CCSc1nnc2c(n1)O[C@@H](c1ccc(OCC(=O)O)c(OC)c1)Nc1ccc(Br)cc1-2. The summed E-state index contributed by atoms with van der Waals surface area (Å²) in [5.41, 5.74) is 2.87. The molecule has 0 amide bonds. The molecule has 0 saturated carbocycles. The van der Waals surface area contributed by atoms with Gasteiger partial charge in [0.15, 0.2) is 30.0 Å². The van der Waals surface area contributed by atoms with Gasteiger partial charge in [0.2, 0.25) is 11.0 Å². The van der Waals surface area contributed by atoms with Crippen molar-refractivity contribution in [2.75, 3.05) is 24.8 Å². The first kappa shape index (κ1) is 22.2. The Bertz CT molecular complexity index is 1160. The van der Waals surface area contributed by atoms with Gasteiger partial charge in [-0.25, -0.2) is 4.79 Å². The van der Waals surface area contributed by atoms with Crippen LogP contribution in [-0.2, 0) is 4.79 Å². The fourth-order valence-corrected chi connectivity index (χ4v) is 3.98. The summed E-state index contributed by atoms with van der Waals surface area (Å²) in [6.07, 6.45) is -0.616. The number of carboxylic acid groups (broad SMARTS) is 1. The number of nitrogens with zero attached hydrogens (tertiary/aromatic N) is 3. The molecule has 1 atom stereocenters. The van der Waals surface area contributed by atoms with Crippen LogP contribution in [0.4, 0.5) is 5.69 Å². The number of hydrogen-bond donors (Lipinski definition) is 2. The van der Waals surface area contributed by atoms with Crippen molar-refractivity contribution in [1.29, 1.82) is 0 Å². The van der Waals surface area contributed by atoms with E-state index in [9.17, 15) is 4.79 Å². The van der Waals surface area contributed by atoms with Crippen molar-refractivity contribution in [3.8, 4) is 28.6 Å². The Labute approximate surface area is 196 Å². The summed E-state index contributed by atoms with van der Waals surface area (Å²) in [6.45, 7) is 1.54. The Hall–Kier alpha value is -3.05. The van der Waals surface area contributed by atoms with Gasteiger partial charge in [0.1, 0.15) is 0 Å². The summed E-state index contributed by atoms with van der Waals surface area (Å²) < 4.78 is 17.8. The van der Waals surface area contributed by atoms with E-state index in [0.29, 0.717) is 28.2 Å². The first-order chi connectivity index (χ1) is 15.5. The van der Waals surface area contributed by atoms with E-state index in [0.717, 1.165) is 27.0 Å². The largest absolute Gasteiger partial charge is 0.493 e.